The smallest absolute Gasteiger partial charge is 0.171 e. The summed E-state index contributed by atoms with van der Waals surface area (Å²) in [5, 5.41) is 11.3. The van der Waals surface area contributed by atoms with Crippen molar-refractivity contribution < 1.29 is 19.3 Å². The molecular weight excluding hydrogens is 400 g/mol. The van der Waals surface area contributed by atoms with Crippen LogP contribution in [0.5, 0.6) is 0 Å². The Morgan fingerprint density at radius 1 is 1.00 bits per heavy atom. The predicted molar refractivity (Wildman–Crippen MR) is 122 cm³/mol. The number of hydrogen-bond acceptors (Lipinski definition) is 4. The Labute approximate surface area is 194 Å². The van der Waals surface area contributed by atoms with E-state index in [4.69, 9.17) is 14.2 Å². The number of fused-ring (bicyclic) bond motifs is 6. The zero-order chi connectivity index (χ0) is 22.3. The molecule has 5 saturated carbocycles. The van der Waals surface area contributed by atoms with Crippen LogP contribution >= 0.6 is 0 Å². The van der Waals surface area contributed by atoms with Crippen LogP contribution in [-0.4, -0.2) is 42.9 Å². The molecule has 2 aliphatic heterocycles. The second kappa shape index (κ2) is 6.33. The van der Waals surface area contributed by atoms with Crippen LogP contribution in [-0.2, 0) is 14.2 Å². The highest BCUT2D eigenvalue weighted by molar-refractivity contribution is 5.29. The van der Waals surface area contributed by atoms with Gasteiger partial charge in [-0.05, 0) is 85.9 Å². The van der Waals surface area contributed by atoms with Crippen molar-refractivity contribution in [3.63, 3.8) is 0 Å². The lowest BCUT2D eigenvalue weighted by atomic mass is 9.44. The molecule has 0 amide bonds. The maximum atomic E-state index is 11.3. The van der Waals surface area contributed by atoms with Crippen molar-refractivity contribution in [3.05, 3.63) is 0 Å². The van der Waals surface area contributed by atoms with Crippen LogP contribution in [0, 0.1) is 57.7 Å². The van der Waals surface area contributed by atoms with Gasteiger partial charge in [0.15, 0.2) is 5.79 Å². The first-order valence-electron chi connectivity index (χ1n) is 13.7. The van der Waals surface area contributed by atoms with Crippen molar-refractivity contribution in [2.24, 2.45) is 57.7 Å². The first-order valence-corrected chi connectivity index (χ1v) is 13.7. The third-order valence-corrected chi connectivity index (χ3v) is 13.2. The zero-order valence-corrected chi connectivity index (χ0v) is 20.8. The van der Waals surface area contributed by atoms with Crippen LogP contribution in [0.2, 0.25) is 0 Å². The highest BCUT2D eigenvalue weighted by Gasteiger charge is 2.81. The van der Waals surface area contributed by atoms with Gasteiger partial charge in [-0.2, -0.15) is 0 Å². The summed E-state index contributed by atoms with van der Waals surface area (Å²) < 4.78 is 19.7. The number of aliphatic hydroxyl groups excluding tert-OH is 1. The Hall–Kier alpha value is -0.160. The van der Waals surface area contributed by atoms with E-state index in [0.717, 1.165) is 19.4 Å². The normalized spacial score (nSPS) is 66.9. The van der Waals surface area contributed by atoms with Gasteiger partial charge in [0.1, 0.15) is 0 Å². The summed E-state index contributed by atoms with van der Waals surface area (Å²) in [6.45, 7) is 10.6. The molecule has 32 heavy (non-hydrogen) atoms. The van der Waals surface area contributed by atoms with Gasteiger partial charge in [-0.15, -0.1) is 0 Å². The van der Waals surface area contributed by atoms with Gasteiger partial charge >= 0.3 is 0 Å². The molecule has 0 aromatic rings. The fourth-order valence-electron chi connectivity index (χ4n) is 11.6. The van der Waals surface area contributed by atoms with E-state index in [9.17, 15) is 5.11 Å². The molecule has 2 saturated heterocycles. The highest BCUT2D eigenvalue weighted by atomic mass is 16.7. The Bertz CT molecular complexity index is 805. The maximum absolute atomic E-state index is 11.3. The third-order valence-electron chi connectivity index (χ3n) is 13.2. The minimum absolute atomic E-state index is 0.0383. The van der Waals surface area contributed by atoms with E-state index in [1.165, 1.54) is 38.5 Å². The van der Waals surface area contributed by atoms with Gasteiger partial charge in [-0.3, -0.25) is 0 Å². The number of hydrogen-bond donors (Lipinski definition) is 1. The van der Waals surface area contributed by atoms with Crippen molar-refractivity contribution in [2.75, 3.05) is 13.7 Å². The van der Waals surface area contributed by atoms with Gasteiger partial charge in [-0.25, -0.2) is 0 Å². The monoisotopic (exact) mass is 444 g/mol. The number of ether oxygens (including phenoxy) is 3. The fourth-order valence-corrected chi connectivity index (χ4v) is 11.6. The first-order chi connectivity index (χ1) is 15.2. The lowest BCUT2D eigenvalue weighted by Crippen LogP contribution is -2.60. The Balaban J connectivity index is 1.22. The molecule has 0 aromatic heterocycles. The largest absolute Gasteiger partial charge is 0.393 e. The van der Waals surface area contributed by atoms with Crippen LogP contribution < -0.4 is 0 Å². The van der Waals surface area contributed by atoms with Crippen LogP contribution in [0.25, 0.3) is 0 Å². The minimum Gasteiger partial charge on any atom is -0.393 e. The standard InChI is InChI=1S/C28H44O4/c1-15-6-9-28(31-14-15)16(2)24-21(32-28)12-20-18-11-23(30-5)27-13-17(27)10-22(29)26(27,4)19(18)7-8-25(20,24)3/h15-24,29H,6-14H2,1-5H3/t15-,16-,17+,18+,19-,20-,21-,22+,23+,24-,25-,26-,27-,28+/m0/s1. The molecule has 0 unspecified atom stereocenters. The van der Waals surface area contributed by atoms with E-state index in [0.29, 0.717) is 59.0 Å². The van der Waals surface area contributed by atoms with E-state index in [2.05, 4.69) is 27.7 Å². The molecule has 5 aliphatic carbocycles. The molecule has 1 N–H and O–H groups in total. The lowest BCUT2D eigenvalue weighted by Gasteiger charge is -2.61. The summed E-state index contributed by atoms with van der Waals surface area (Å²) in [7, 11) is 1.93. The second-order valence-corrected chi connectivity index (χ2v) is 13.8. The van der Waals surface area contributed by atoms with Crippen molar-refractivity contribution in [3.8, 4) is 0 Å². The first kappa shape index (κ1) is 21.1. The molecule has 0 bridgehead atoms. The molecule has 180 valence electrons. The number of aliphatic hydroxyl groups is 1. The quantitative estimate of drug-likeness (QED) is 0.616. The molecule has 0 aromatic carbocycles. The number of methoxy groups -OCH3 is 1. The average molecular weight is 445 g/mol. The highest BCUT2D eigenvalue weighted by Crippen LogP contribution is 2.82. The van der Waals surface area contributed by atoms with Crippen LogP contribution in [0.1, 0.15) is 79.1 Å². The van der Waals surface area contributed by atoms with Crippen LogP contribution in [0.15, 0.2) is 0 Å². The molecule has 4 heteroatoms. The van der Waals surface area contributed by atoms with Gasteiger partial charge in [0.2, 0.25) is 0 Å². The number of rotatable bonds is 1. The summed E-state index contributed by atoms with van der Waals surface area (Å²) in [5.74, 6) is 4.09. The third kappa shape index (κ3) is 2.17. The molecule has 4 nitrogen and oxygen atoms in total. The summed E-state index contributed by atoms with van der Waals surface area (Å²) in [6.07, 6.45) is 10.1. The summed E-state index contributed by atoms with van der Waals surface area (Å²) in [6, 6.07) is 0. The van der Waals surface area contributed by atoms with E-state index >= 15 is 0 Å². The second-order valence-electron chi connectivity index (χ2n) is 13.8. The van der Waals surface area contributed by atoms with Crippen LogP contribution in [0.3, 0.4) is 0 Å². The van der Waals surface area contributed by atoms with Crippen molar-refractivity contribution in [1.29, 1.82) is 0 Å². The lowest BCUT2D eigenvalue weighted by molar-refractivity contribution is -0.273. The molecule has 0 radical (unpaired) electrons. The van der Waals surface area contributed by atoms with Gasteiger partial charge in [0, 0.05) is 30.3 Å². The zero-order valence-electron chi connectivity index (χ0n) is 20.8. The summed E-state index contributed by atoms with van der Waals surface area (Å²) in [4.78, 5) is 0. The molecule has 2 spiro atoms. The van der Waals surface area contributed by atoms with Crippen molar-refractivity contribution >= 4 is 0 Å². The predicted octanol–water partition coefficient (Wildman–Crippen LogP) is 5.03. The van der Waals surface area contributed by atoms with E-state index in [-0.39, 0.29) is 22.7 Å². The molecule has 2 heterocycles. The molecule has 7 rings (SSSR count). The maximum Gasteiger partial charge on any atom is 0.171 e. The fraction of sp³-hybridized carbons (Fsp3) is 1.00. The Morgan fingerprint density at radius 2 is 1.81 bits per heavy atom. The van der Waals surface area contributed by atoms with E-state index in [1.54, 1.807) is 0 Å². The van der Waals surface area contributed by atoms with E-state index < -0.39 is 0 Å². The van der Waals surface area contributed by atoms with Crippen molar-refractivity contribution in [2.45, 2.75) is 103 Å². The van der Waals surface area contributed by atoms with Gasteiger partial charge in [0.05, 0.1) is 24.9 Å². The van der Waals surface area contributed by atoms with Crippen molar-refractivity contribution in [1.82, 2.24) is 0 Å². The van der Waals surface area contributed by atoms with Gasteiger partial charge in [-0.1, -0.05) is 27.7 Å². The van der Waals surface area contributed by atoms with Crippen LogP contribution in [0.4, 0.5) is 0 Å². The Kier molecular flexibility index (Phi) is 4.19. The molecule has 7 aliphatic rings. The summed E-state index contributed by atoms with van der Waals surface area (Å²) in [5.41, 5.74) is 0.620. The molecule has 7 fully saturated rings. The van der Waals surface area contributed by atoms with Gasteiger partial charge in [0.25, 0.3) is 0 Å². The molecule has 14 atom stereocenters. The topological polar surface area (TPSA) is 47.9 Å². The summed E-state index contributed by atoms with van der Waals surface area (Å²) >= 11 is 0. The molecular formula is C28H44O4. The minimum atomic E-state index is -0.326. The van der Waals surface area contributed by atoms with E-state index in [1.807, 2.05) is 7.11 Å². The van der Waals surface area contributed by atoms with Gasteiger partial charge < -0.3 is 19.3 Å². The average Bonchev–Trinajstić information content (AvgIpc) is 3.20. The SMILES string of the molecule is CO[C@@H]1C[C@H]2[C@@H]3C[C@@H]4O[C@]5(CC[C@H](C)CO5)[C@@H](C)[C@@H]4[C@@]3(C)CC[C@@H]2[C@@]2(C)[C@H](O)C[C@@H]3C[C@]312. The Morgan fingerprint density at radius 3 is 2.53 bits per heavy atom.